The Kier molecular flexibility index (Phi) is 8.54. The second-order valence-electron chi connectivity index (χ2n) is 3.40. The van der Waals surface area contributed by atoms with E-state index in [4.69, 9.17) is 15.2 Å². The van der Waals surface area contributed by atoms with Gasteiger partial charge >= 0.3 is 0 Å². The molecule has 0 aliphatic carbocycles. The maximum Gasteiger partial charge on any atom is 0.238 e. The van der Waals surface area contributed by atoms with Crippen molar-refractivity contribution in [2.24, 2.45) is 5.73 Å². The molecule has 1 aromatic rings. The third kappa shape index (κ3) is 5.26. The number of carbonyl (C=O) groups excluding carboxylic acids is 1. The number of halogens is 2. The van der Waals surface area contributed by atoms with Gasteiger partial charge in [-0.15, -0.1) is 12.4 Å². The van der Waals surface area contributed by atoms with Crippen LogP contribution in [0, 0.1) is 0 Å². The van der Waals surface area contributed by atoms with E-state index in [-0.39, 0.29) is 24.9 Å². The molecular weight excluding hydrogens is 336 g/mol. The number of rotatable bonds is 6. The fraction of sp³-hybridized carbons (Fsp3) is 0.417. The van der Waals surface area contributed by atoms with Crippen molar-refractivity contribution in [3.8, 4) is 11.5 Å². The van der Waals surface area contributed by atoms with E-state index in [1.807, 2.05) is 13.8 Å². The second kappa shape index (κ2) is 9.01. The molecule has 0 saturated heterocycles. The largest absolute Gasteiger partial charge is 0.490 e. The first-order valence-electron chi connectivity index (χ1n) is 5.71. The molecular formula is C12H18BrClN2O3. The summed E-state index contributed by atoms with van der Waals surface area (Å²) in [4.78, 5) is 11.3. The molecule has 0 atom stereocenters. The van der Waals surface area contributed by atoms with Gasteiger partial charge in [0.05, 0.1) is 25.4 Å². The first kappa shape index (κ1) is 18.0. The van der Waals surface area contributed by atoms with Gasteiger partial charge in [0.25, 0.3) is 0 Å². The molecule has 0 saturated carbocycles. The fourth-order valence-corrected chi connectivity index (χ4v) is 1.79. The van der Waals surface area contributed by atoms with Crippen molar-refractivity contribution >= 4 is 39.9 Å². The van der Waals surface area contributed by atoms with E-state index < -0.39 is 0 Å². The summed E-state index contributed by atoms with van der Waals surface area (Å²) in [5, 5.41) is 2.68. The summed E-state index contributed by atoms with van der Waals surface area (Å²) in [5.41, 5.74) is 5.87. The lowest BCUT2D eigenvalue weighted by atomic mass is 10.2. The zero-order valence-electron chi connectivity index (χ0n) is 10.9. The van der Waals surface area contributed by atoms with Crippen molar-refractivity contribution in [3.05, 3.63) is 16.6 Å². The highest BCUT2D eigenvalue weighted by Crippen LogP contribution is 2.36. The lowest BCUT2D eigenvalue weighted by Gasteiger charge is -2.14. The van der Waals surface area contributed by atoms with E-state index in [2.05, 4.69) is 21.2 Å². The third-order valence-electron chi connectivity index (χ3n) is 2.09. The van der Waals surface area contributed by atoms with Gasteiger partial charge in [-0.25, -0.2) is 0 Å². The van der Waals surface area contributed by atoms with E-state index in [1.165, 1.54) is 0 Å². The van der Waals surface area contributed by atoms with Crippen molar-refractivity contribution in [2.45, 2.75) is 13.8 Å². The molecule has 0 spiro atoms. The number of nitrogens with two attached hydrogens (primary N) is 1. The molecule has 0 aromatic heterocycles. The minimum Gasteiger partial charge on any atom is -0.490 e. The fourth-order valence-electron chi connectivity index (χ4n) is 1.37. The molecule has 5 nitrogen and oxygen atoms in total. The zero-order chi connectivity index (χ0) is 13.5. The van der Waals surface area contributed by atoms with Gasteiger partial charge in [0, 0.05) is 16.6 Å². The summed E-state index contributed by atoms with van der Waals surface area (Å²) < 4.78 is 11.7. The minimum absolute atomic E-state index is 0. The van der Waals surface area contributed by atoms with Crippen LogP contribution in [0.15, 0.2) is 16.6 Å². The summed E-state index contributed by atoms with van der Waals surface area (Å²) in [6.07, 6.45) is 0. The summed E-state index contributed by atoms with van der Waals surface area (Å²) in [6.45, 7) is 4.78. The number of anilines is 1. The highest BCUT2D eigenvalue weighted by Gasteiger charge is 2.12. The van der Waals surface area contributed by atoms with Crippen molar-refractivity contribution in [1.29, 1.82) is 0 Å². The van der Waals surface area contributed by atoms with Crippen LogP contribution in [0.1, 0.15) is 13.8 Å². The Morgan fingerprint density at radius 2 is 1.79 bits per heavy atom. The van der Waals surface area contributed by atoms with Crippen molar-refractivity contribution in [1.82, 2.24) is 0 Å². The lowest BCUT2D eigenvalue weighted by molar-refractivity contribution is -0.114. The van der Waals surface area contributed by atoms with Gasteiger partial charge in [0.1, 0.15) is 0 Å². The van der Waals surface area contributed by atoms with E-state index in [0.29, 0.717) is 30.4 Å². The Bertz CT molecular complexity index is 430. The number of ether oxygens (including phenoxy) is 2. The Morgan fingerprint density at radius 3 is 2.26 bits per heavy atom. The molecule has 0 heterocycles. The Hall–Kier alpha value is -0.980. The van der Waals surface area contributed by atoms with Crippen LogP contribution in [0.3, 0.4) is 0 Å². The normalized spacial score (nSPS) is 9.47. The number of benzene rings is 1. The molecule has 3 N–H and O–H groups in total. The van der Waals surface area contributed by atoms with E-state index in [1.54, 1.807) is 12.1 Å². The van der Waals surface area contributed by atoms with Crippen molar-refractivity contribution in [2.75, 3.05) is 25.1 Å². The maximum atomic E-state index is 11.3. The number of hydrogen-bond acceptors (Lipinski definition) is 4. The number of carbonyl (C=O) groups is 1. The van der Waals surface area contributed by atoms with E-state index >= 15 is 0 Å². The zero-order valence-corrected chi connectivity index (χ0v) is 13.3. The topological polar surface area (TPSA) is 73.6 Å². The minimum atomic E-state index is -0.262. The molecule has 0 aliphatic heterocycles. The van der Waals surface area contributed by atoms with Gasteiger partial charge < -0.3 is 20.5 Å². The predicted molar refractivity (Wildman–Crippen MR) is 81.4 cm³/mol. The summed E-state index contributed by atoms with van der Waals surface area (Å²) in [6, 6.07) is 3.48. The van der Waals surface area contributed by atoms with Crippen molar-refractivity contribution in [3.63, 3.8) is 0 Å². The monoisotopic (exact) mass is 352 g/mol. The molecule has 1 amide bonds. The standard InChI is InChI=1S/C12H17BrN2O3.ClH/c1-3-17-10-5-8(13)9(15-12(16)7-14)6-11(10)18-4-2;/h5-6H,3-4,7,14H2,1-2H3,(H,15,16);1H. The molecule has 108 valence electrons. The SMILES string of the molecule is CCOc1cc(Br)c(NC(=O)CN)cc1OCC.Cl. The average Bonchev–Trinajstić information content (AvgIpc) is 2.35. The molecule has 19 heavy (non-hydrogen) atoms. The molecule has 7 heteroatoms. The second-order valence-corrected chi connectivity index (χ2v) is 4.25. The summed E-state index contributed by atoms with van der Waals surface area (Å²) >= 11 is 3.37. The maximum absolute atomic E-state index is 11.3. The highest BCUT2D eigenvalue weighted by molar-refractivity contribution is 9.10. The Morgan fingerprint density at radius 1 is 1.26 bits per heavy atom. The van der Waals surface area contributed by atoms with Gasteiger partial charge in [-0.1, -0.05) is 0 Å². The molecule has 0 unspecified atom stereocenters. The Labute approximate surface area is 127 Å². The average molecular weight is 354 g/mol. The molecule has 0 radical (unpaired) electrons. The molecule has 1 aromatic carbocycles. The summed E-state index contributed by atoms with van der Waals surface area (Å²) in [7, 11) is 0. The Balaban J connectivity index is 0.00000324. The first-order valence-corrected chi connectivity index (χ1v) is 6.50. The van der Waals surface area contributed by atoms with Crippen LogP contribution in [0.4, 0.5) is 5.69 Å². The van der Waals surface area contributed by atoms with E-state index in [9.17, 15) is 4.79 Å². The molecule has 0 bridgehead atoms. The quantitative estimate of drug-likeness (QED) is 0.824. The first-order chi connectivity index (χ1) is 8.62. The smallest absolute Gasteiger partial charge is 0.238 e. The number of nitrogens with one attached hydrogen (secondary N) is 1. The van der Waals surface area contributed by atoms with Gasteiger partial charge in [-0.3, -0.25) is 4.79 Å². The predicted octanol–water partition coefficient (Wildman–Crippen LogP) is 2.57. The van der Waals surface area contributed by atoms with Crippen LogP contribution in [-0.4, -0.2) is 25.7 Å². The van der Waals surface area contributed by atoms with Crippen LogP contribution in [0.25, 0.3) is 0 Å². The third-order valence-corrected chi connectivity index (χ3v) is 2.75. The van der Waals surface area contributed by atoms with E-state index in [0.717, 1.165) is 4.47 Å². The molecule has 0 aliphatic rings. The van der Waals surface area contributed by atoms with Crippen LogP contribution in [0.5, 0.6) is 11.5 Å². The van der Waals surface area contributed by atoms with Crippen LogP contribution in [0.2, 0.25) is 0 Å². The lowest BCUT2D eigenvalue weighted by Crippen LogP contribution is -2.22. The number of hydrogen-bond donors (Lipinski definition) is 2. The van der Waals surface area contributed by atoms with Gasteiger partial charge in [0.2, 0.25) is 5.91 Å². The summed E-state index contributed by atoms with van der Waals surface area (Å²) in [5.74, 6) is 0.967. The van der Waals surface area contributed by atoms with Crippen LogP contribution in [-0.2, 0) is 4.79 Å². The van der Waals surface area contributed by atoms with Gasteiger partial charge in [-0.2, -0.15) is 0 Å². The number of amides is 1. The van der Waals surface area contributed by atoms with Gasteiger partial charge in [-0.05, 0) is 29.8 Å². The van der Waals surface area contributed by atoms with Crippen LogP contribution >= 0.6 is 28.3 Å². The van der Waals surface area contributed by atoms with Crippen LogP contribution < -0.4 is 20.5 Å². The molecule has 1 rings (SSSR count). The van der Waals surface area contributed by atoms with Crippen molar-refractivity contribution < 1.29 is 14.3 Å². The molecule has 0 fully saturated rings. The van der Waals surface area contributed by atoms with Gasteiger partial charge in [0.15, 0.2) is 11.5 Å². The highest BCUT2D eigenvalue weighted by atomic mass is 79.9.